The van der Waals surface area contributed by atoms with E-state index >= 15 is 0 Å². The Morgan fingerprint density at radius 2 is 1.95 bits per heavy atom. The fourth-order valence-corrected chi connectivity index (χ4v) is 6.93. The molecule has 2 aliphatic carbocycles. The minimum absolute atomic E-state index is 0.0437. The van der Waals surface area contributed by atoms with E-state index in [1.165, 1.54) is 30.2 Å². The number of amides is 1. The van der Waals surface area contributed by atoms with Gasteiger partial charge in [-0.3, -0.25) is 4.79 Å². The summed E-state index contributed by atoms with van der Waals surface area (Å²) < 4.78 is 49.9. The van der Waals surface area contributed by atoms with Gasteiger partial charge in [-0.2, -0.15) is 13.2 Å². The van der Waals surface area contributed by atoms with Gasteiger partial charge in [0.2, 0.25) is 0 Å². The molecule has 1 unspecified atom stereocenters. The predicted octanol–water partition coefficient (Wildman–Crippen LogP) is 4.66. The lowest BCUT2D eigenvalue weighted by Crippen LogP contribution is -2.35. The van der Waals surface area contributed by atoms with Crippen molar-refractivity contribution in [1.29, 1.82) is 0 Å². The van der Waals surface area contributed by atoms with Crippen LogP contribution in [0.2, 0.25) is 0 Å². The maximum atomic E-state index is 14.2. The minimum Gasteiger partial charge on any atom is -0.381 e. The summed E-state index contributed by atoms with van der Waals surface area (Å²) in [5, 5.41) is 11.8. The highest BCUT2D eigenvalue weighted by atomic mass is 19.4. The molecule has 7 nitrogen and oxygen atoms in total. The summed E-state index contributed by atoms with van der Waals surface area (Å²) in [5.74, 6) is 1.79. The van der Waals surface area contributed by atoms with Crippen LogP contribution in [0.3, 0.4) is 0 Å². The molecule has 39 heavy (non-hydrogen) atoms. The molecule has 1 amide bonds. The fourth-order valence-electron chi connectivity index (χ4n) is 6.93. The number of aromatic nitrogens is 3. The third-order valence-electron chi connectivity index (χ3n) is 9.06. The summed E-state index contributed by atoms with van der Waals surface area (Å²) in [5.41, 5.74) is 1.46. The van der Waals surface area contributed by atoms with Gasteiger partial charge in [0, 0.05) is 36.8 Å². The second-order valence-corrected chi connectivity index (χ2v) is 11.4. The Balaban J connectivity index is 1.19. The van der Waals surface area contributed by atoms with Crippen molar-refractivity contribution in [2.45, 2.75) is 50.5 Å². The number of aryl methyl sites for hydroxylation is 1. The second-order valence-electron chi connectivity index (χ2n) is 11.4. The monoisotopic (exact) mass is 537 g/mol. The third kappa shape index (κ3) is 4.24. The number of anilines is 1. The lowest BCUT2D eigenvalue weighted by Gasteiger charge is -2.33. The van der Waals surface area contributed by atoms with Crippen LogP contribution in [-0.2, 0) is 31.1 Å². The van der Waals surface area contributed by atoms with Crippen molar-refractivity contribution < 1.29 is 22.7 Å². The summed E-state index contributed by atoms with van der Waals surface area (Å²) in [6.07, 6.45) is 0.724. The number of rotatable bonds is 7. The number of hydrogen-bond acceptors (Lipinski definition) is 5. The van der Waals surface area contributed by atoms with Gasteiger partial charge >= 0.3 is 6.18 Å². The number of carbonyl (C=O) groups excluding carboxylic acids is 1. The number of carbonyl (C=O) groups is 1. The number of fused-ring (bicyclic) bond motifs is 2. The first-order valence-electron chi connectivity index (χ1n) is 13.6. The maximum Gasteiger partial charge on any atom is 0.416 e. The van der Waals surface area contributed by atoms with Crippen LogP contribution in [0.15, 0.2) is 42.7 Å². The van der Waals surface area contributed by atoms with Gasteiger partial charge in [-0.1, -0.05) is 18.6 Å². The molecular formula is C29H30F3N5O2. The number of halogens is 3. The Morgan fingerprint density at radius 3 is 2.62 bits per heavy atom. The zero-order valence-corrected chi connectivity index (χ0v) is 21.6. The van der Waals surface area contributed by atoms with Crippen LogP contribution < -0.4 is 10.2 Å². The van der Waals surface area contributed by atoms with E-state index in [0.29, 0.717) is 48.9 Å². The van der Waals surface area contributed by atoms with Gasteiger partial charge in [-0.15, -0.1) is 10.2 Å². The van der Waals surface area contributed by atoms with Crippen LogP contribution in [0, 0.1) is 17.8 Å². The molecule has 1 saturated heterocycles. The third-order valence-corrected chi connectivity index (χ3v) is 9.06. The number of ether oxygens (including phenoxy) is 1. The lowest BCUT2D eigenvalue weighted by atomic mass is 9.83. The zero-order valence-electron chi connectivity index (χ0n) is 21.6. The van der Waals surface area contributed by atoms with Crippen LogP contribution in [0.1, 0.15) is 63.6 Å². The quantitative estimate of drug-likeness (QED) is 0.475. The van der Waals surface area contributed by atoms with E-state index in [9.17, 15) is 18.0 Å². The Kier molecular flexibility index (Phi) is 5.82. The Morgan fingerprint density at radius 1 is 1.15 bits per heavy atom. The first-order chi connectivity index (χ1) is 18.8. The molecule has 3 aromatic rings. The van der Waals surface area contributed by atoms with Gasteiger partial charge in [0.05, 0.1) is 31.2 Å². The van der Waals surface area contributed by atoms with Crippen molar-refractivity contribution in [2.24, 2.45) is 24.8 Å². The number of benzene rings is 2. The van der Waals surface area contributed by atoms with E-state index in [-0.39, 0.29) is 29.5 Å². The second kappa shape index (κ2) is 9.16. The summed E-state index contributed by atoms with van der Waals surface area (Å²) in [4.78, 5) is 15.1. The number of hydrogen-bond donors (Lipinski definition) is 1. The van der Waals surface area contributed by atoms with E-state index in [0.717, 1.165) is 11.4 Å². The average molecular weight is 538 g/mol. The number of alkyl halides is 3. The Hall–Kier alpha value is -3.24. The van der Waals surface area contributed by atoms with E-state index in [4.69, 9.17) is 4.74 Å². The molecule has 0 spiro atoms. The highest BCUT2D eigenvalue weighted by Crippen LogP contribution is 2.52. The summed E-state index contributed by atoms with van der Waals surface area (Å²) in [7, 11) is 1.88. The van der Waals surface area contributed by atoms with Gasteiger partial charge in [-0.25, -0.2) is 0 Å². The van der Waals surface area contributed by atoms with Gasteiger partial charge in [0.1, 0.15) is 12.2 Å². The Labute approximate surface area is 224 Å². The molecule has 3 heterocycles. The normalized spacial score (nSPS) is 25.0. The zero-order chi connectivity index (χ0) is 26.9. The SMILES string of the molecule is Cn1cnnc1[C@@H](c1cccc(N2Cc3c(cc(CNC4[C@H]5CCC[C@@H]45)cc3C(F)(F)F)C2=O)c1)C1COC1. The molecule has 0 bridgehead atoms. The fraction of sp³-hybridized carbons (Fsp3) is 0.483. The first-order valence-corrected chi connectivity index (χ1v) is 13.6. The smallest absolute Gasteiger partial charge is 0.381 e. The molecule has 10 heteroatoms. The number of nitrogens with one attached hydrogen (secondary N) is 1. The van der Waals surface area contributed by atoms with Gasteiger partial charge in [-0.05, 0) is 65.6 Å². The minimum atomic E-state index is -4.55. The van der Waals surface area contributed by atoms with Crippen molar-refractivity contribution in [1.82, 2.24) is 20.1 Å². The van der Waals surface area contributed by atoms with Crippen LogP contribution in [0.5, 0.6) is 0 Å². The molecule has 4 atom stereocenters. The summed E-state index contributed by atoms with van der Waals surface area (Å²) in [6.45, 7) is 1.39. The predicted molar refractivity (Wildman–Crippen MR) is 137 cm³/mol. The topological polar surface area (TPSA) is 72.3 Å². The molecule has 0 radical (unpaired) electrons. The molecule has 2 aliphatic heterocycles. The lowest BCUT2D eigenvalue weighted by molar-refractivity contribution is -0.138. The van der Waals surface area contributed by atoms with Crippen LogP contribution in [0.4, 0.5) is 18.9 Å². The Bertz CT molecular complexity index is 1420. The highest BCUT2D eigenvalue weighted by molar-refractivity contribution is 6.10. The summed E-state index contributed by atoms with van der Waals surface area (Å²) in [6, 6.07) is 10.7. The van der Waals surface area contributed by atoms with E-state index in [1.807, 2.05) is 29.8 Å². The molecule has 4 aliphatic rings. The van der Waals surface area contributed by atoms with Crippen molar-refractivity contribution in [3.8, 4) is 0 Å². The van der Waals surface area contributed by atoms with Crippen molar-refractivity contribution in [3.63, 3.8) is 0 Å². The standard InChI is InChI=1S/C29H30F3N5O2/c1-36-15-34-35-27(36)25(18-13-39-14-18)17-4-2-5-19(10-17)37-12-23-22(28(37)38)8-16(9-24(23)29(30,31)32)11-33-26-20-6-3-7-21(20)26/h2,4-5,8-10,15,18,20-21,25-26,33H,3,6-7,11-14H2,1H3/t20-,21+,25-,26?/m0/s1. The highest BCUT2D eigenvalue weighted by Gasteiger charge is 2.52. The summed E-state index contributed by atoms with van der Waals surface area (Å²) >= 11 is 0. The van der Waals surface area contributed by atoms with E-state index in [2.05, 4.69) is 15.5 Å². The first kappa shape index (κ1) is 24.8. The molecule has 2 saturated carbocycles. The molecule has 204 valence electrons. The van der Waals surface area contributed by atoms with Gasteiger partial charge < -0.3 is 19.5 Å². The van der Waals surface area contributed by atoms with Crippen molar-refractivity contribution in [2.75, 3.05) is 18.1 Å². The molecule has 3 fully saturated rings. The van der Waals surface area contributed by atoms with Crippen LogP contribution in [0.25, 0.3) is 0 Å². The van der Waals surface area contributed by atoms with Gasteiger partial charge in [0.25, 0.3) is 5.91 Å². The van der Waals surface area contributed by atoms with Crippen molar-refractivity contribution >= 4 is 11.6 Å². The van der Waals surface area contributed by atoms with Crippen LogP contribution >= 0.6 is 0 Å². The molecule has 1 aromatic heterocycles. The molecule has 7 rings (SSSR count). The van der Waals surface area contributed by atoms with Crippen LogP contribution in [-0.4, -0.2) is 39.9 Å². The molecule has 1 N–H and O–H groups in total. The van der Waals surface area contributed by atoms with E-state index in [1.54, 1.807) is 18.5 Å². The van der Waals surface area contributed by atoms with E-state index < -0.39 is 17.6 Å². The molecular weight excluding hydrogens is 507 g/mol. The molecule has 2 aromatic carbocycles. The van der Waals surface area contributed by atoms with Crippen molar-refractivity contribution in [3.05, 3.63) is 76.4 Å². The average Bonchev–Trinajstić information content (AvgIpc) is 3.26. The number of nitrogens with zero attached hydrogens (tertiary/aromatic N) is 4. The maximum absolute atomic E-state index is 14.2. The largest absolute Gasteiger partial charge is 0.416 e. The van der Waals surface area contributed by atoms with Gasteiger partial charge in [0.15, 0.2) is 0 Å².